The topological polar surface area (TPSA) is 84.3 Å². The Hall–Kier alpha value is -2.71. The minimum atomic E-state index is -3.57. The predicted octanol–water partition coefficient (Wildman–Crippen LogP) is 2.29. The van der Waals surface area contributed by atoms with Crippen LogP contribution in [-0.2, 0) is 28.4 Å². The summed E-state index contributed by atoms with van der Waals surface area (Å²) in [5, 5.41) is 3.80. The second kappa shape index (κ2) is 7.96. The van der Waals surface area contributed by atoms with Crippen LogP contribution in [0.4, 0.5) is 0 Å². The molecule has 0 radical (unpaired) electrons. The lowest BCUT2D eigenvalue weighted by atomic mass is 9.97. The zero-order chi connectivity index (χ0) is 20.4. The van der Waals surface area contributed by atoms with Gasteiger partial charge in [-0.25, -0.2) is 8.42 Å². The van der Waals surface area contributed by atoms with Crippen molar-refractivity contribution in [3.8, 4) is 0 Å². The van der Waals surface area contributed by atoms with E-state index in [1.807, 2.05) is 48.1 Å². The van der Waals surface area contributed by atoms with Gasteiger partial charge < -0.3 is 9.88 Å². The van der Waals surface area contributed by atoms with Crippen LogP contribution < -0.4 is 5.32 Å². The van der Waals surface area contributed by atoms with Gasteiger partial charge in [-0.2, -0.15) is 4.31 Å². The third kappa shape index (κ3) is 4.04. The lowest BCUT2D eigenvalue weighted by Gasteiger charge is -2.30. The van der Waals surface area contributed by atoms with Crippen LogP contribution in [0, 0.1) is 5.92 Å². The van der Waals surface area contributed by atoms with Crippen molar-refractivity contribution in [1.29, 1.82) is 0 Å². The number of benzene rings is 1. The van der Waals surface area contributed by atoms with Gasteiger partial charge in [0.05, 0.1) is 17.1 Å². The molecule has 0 spiro atoms. The summed E-state index contributed by atoms with van der Waals surface area (Å²) < 4.78 is 29.5. The Labute approximate surface area is 170 Å². The maximum atomic E-state index is 13.0. The number of fused-ring (bicyclic) bond motifs is 1. The fraction of sp³-hybridized carbons (Fsp3) is 0.333. The summed E-state index contributed by atoms with van der Waals surface area (Å²) in [5.41, 5.74) is 1.80. The molecule has 0 saturated carbocycles. The van der Waals surface area contributed by atoms with E-state index in [0.29, 0.717) is 37.4 Å². The Morgan fingerprint density at radius 1 is 1.17 bits per heavy atom. The van der Waals surface area contributed by atoms with Crippen molar-refractivity contribution in [2.45, 2.75) is 24.3 Å². The molecule has 1 aliphatic heterocycles. The first-order valence-corrected chi connectivity index (χ1v) is 11.1. The molecule has 0 unspecified atom stereocenters. The van der Waals surface area contributed by atoms with E-state index in [4.69, 9.17) is 0 Å². The number of rotatable bonds is 5. The lowest BCUT2D eigenvalue weighted by molar-refractivity contribution is -0.126. The van der Waals surface area contributed by atoms with Crippen molar-refractivity contribution in [1.82, 2.24) is 19.2 Å². The van der Waals surface area contributed by atoms with E-state index in [9.17, 15) is 13.2 Å². The van der Waals surface area contributed by atoms with Gasteiger partial charge in [-0.3, -0.25) is 9.78 Å². The minimum absolute atomic E-state index is 0.0431. The maximum absolute atomic E-state index is 13.0. The second-order valence-corrected chi connectivity index (χ2v) is 9.30. The van der Waals surface area contributed by atoms with E-state index in [-0.39, 0.29) is 11.8 Å². The van der Waals surface area contributed by atoms with Crippen molar-refractivity contribution in [2.75, 3.05) is 13.1 Å². The van der Waals surface area contributed by atoms with E-state index in [2.05, 4.69) is 10.3 Å². The summed E-state index contributed by atoms with van der Waals surface area (Å²) in [6.07, 6.45) is 4.63. The van der Waals surface area contributed by atoms with Gasteiger partial charge in [0, 0.05) is 49.4 Å². The zero-order valence-corrected chi connectivity index (χ0v) is 17.1. The van der Waals surface area contributed by atoms with Crippen molar-refractivity contribution in [3.63, 3.8) is 0 Å². The Bertz CT molecular complexity index is 1120. The number of nitrogens with zero attached hydrogens (tertiary/aromatic N) is 3. The molecule has 4 rings (SSSR count). The molecular weight excluding hydrogens is 388 g/mol. The Kier molecular flexibility index (Phi) is 5.38. The lowest BCUT2D eigenvalue weighted by Crippen LogP contribution is -2.42. The van der Waals surface area contributed by atoms with Gasteiger partial charge in [0.25, 0.3) is 0 Å². The molecule has 3 aromatic rings. The van der Waals surface area contributed by atoms with Crippen LogP contribution in [0.25, 0.3) is 10.9 Å². The Morgan fingerprint density at radius 2 is 1.97 bits per heavy atom. The molecule has 0 atom stereocenters. The number of aryl methyl sites for hydroxylation is 1. The number of pyridine rings is 1. The van der Waals surface area contributed by atoms with E-state index >= 15 is 0 Å². The van der Waals surface area contributed by atoms with Crippen LogP contribution in [0.3, 0.4) is 0 Å². The van der Waals surface area contributed by atoms with Crippen LogP contribution >= 0.6 is 0 Å². The quantitative estimate of drug-likeness (QED) is 0.697. The number of aromatic nitrogens is 2. The summed E-state index contributed by atoms with van der Waals surface area (Å²) in [5.74, 6) is -0.222. The van der Waals surface area contributed by atoms with E-state index in [1.54, 1.807) is 18.3 Å². The number of hydrogen-bond acceptors (Lipinski definition) is 4. The molecule has 3 heterocycles. The van der Waals surface area contributed by atoms with E-state index in [0.717, 1.165) is 16.6 Å². The molecule has 8 heteroatoms. The van der Waals surface area contributed by atoms with Crippen LogP contribution in [0.2, 0.25) is 0 Å². The van der Waals surface area contributed by atoms with Gasteiger partial charge in [-0.15, -0.1) is 0 Å². The monoisotopic (exact) mass is 412 g/mol. The number of piperidine rings is 1. The minimum Gasteiger partial charge on any atom is -0.351 e. The predicted molar refractivity (Wildman–Crippen MR) is 110 cm³/mol. The third-order valence-electron chi connectivity index (χ3n) is 5.49. The number of carbonyl (C=O) groups excluding carboxylic acids is 1. The summed E-state index contributed by atoms with van der Waals surface area (Å²) in [7, 11) is -1.64. The molecule has 7 nitrogen and oxygen atoms in total. The first-order chi connectivity index (χ1) is 13.9. The van der Waals surface area contributed by atoms with Crippen molar-refractivity contribution in [3.05, 3.63) is 60.6 Å². The summed E-state index contributed by atoms with van der Waals surface area (Å²) >= 11 is 0. The van der Waals surface area contributed by atoms with Gasteiger partial charge in [-0.1, -0.05) is 6.07 Å². The molecule has 2 aromatic heterocycles. The molecule has 1 aromatic carbocycles. The standard InChI is InChI=1S/C21H24N4O3S/c1-24-11-7-17-14-19(5-6-20(17)24)29(27,28)25-12-8-16(9-13-25)21(26)23-15-18-4-2-3-10-22-18/h2-7,10-11,14,16H,8-9,12-13,15H2,1H3,(H,23,26). The first kappa shape index (κ1) is 19.6. The van der Waals surface area contributed by atoms with Gasteiger partial charge >= 0.3 is 0 Å². The molecule has 0 aliphatic carbocycles. The normalized spacial score (nSPS) is 16.2. The van der Waals surface area contributed by atoms with Gasteiger partial charge in [0.1, 0.15) is 0 Å². The summed E-state index contributed by atoms with van der Waals surface area (Å²) in [6.45, 7) is 1.07. The number of sulfonamides is 1. The van der Waals surface area contributed by atoms with Gasteiger partial charge in [0.15, 0.2) is 0 Å². The zero-order valence-electron chi connectivity index (χ0n) is 16.3. The Balaban J connectivity index is 1.38. The number of hydrogen-bond donors (Lipinski definition) is 1. The molecule has 1 N–H and O–H groups in total. The highest BCUT2D eigenvalue weighted by molar-refractivity contribution is 7.89. The van der Waals surface area contributed by atoms with Crippen molar-refractivity contribution in [2.24, 2.45) is 13.0 Å². The molecule has 1 fully saturated rings. The molecule has 1 aliphatic rings. The number of amides is 1. The van der Waals surface area contributed by atoms with Gasteiger partial charge in [0.2, 0.25) is 15.9 Å². The molecule has 152 valence electrons. The number of carbonyl (C=O) groups is 1. The average molecular weight is 413 g/mol. The van der Waals surface area contributed by atoms with Crippen LogP contribution in [0.1, 0.15) is 18.5 Å². The Morgan fingerprint density at radius 3 is 2.69 bits per heavy atom. The molecule has 1 amide bonds. The van der Waals surface area contributed by atoms with Crippen LogP contribution in [0.5, 0.6) is 0 Å². The molecule has 1 saturated heterocycles. The molecule has 0 bridgehead atoms. The van der Waals surface area contributed by atoms with E-state index < -0.39 is 10.0 Å². The number of nitrogens with one attached hydrogen (secondary N) is 1. The summed E-state index contributed by atoms with van der Waals surface area (Å²) in [6, 6.07) is 12.7. The molecule has 29 heavy (non-hydrogen) atoms. The maximum Gasteiger partial charge on any atom is 0.243 e. The van der Waals surface area contributed by atoms with Gasteiger partial charge in [-0.05, 0) is 49.2 Å². The van der Waals surface area contributed by atoms with E-state index in [1.165, 1.54) is 4.31 Å². The fourth-order valence-electron chi connectivity index (χ4n) is 3.75. The highest BCUT2D eigenvalue weighted by atomic mass is 32.2. The second-order valence-electron chi connectivity index (χ2n) is 7.36. The van der Waals surface area contributed by atoms with Crippen LogP contribution in [0.15, 0.2) is 59.8 Å². The SMILES string of the molecule is Cn1ccc2cc(S(=O)(=O)N3CCC(C(=O)NCc4ccccn4)CC3)ccc21. The summed E-state index contributed by atoms with van der Waals surface area (Å²) in [4.78, 5) is 16.9. The largest absolute Gasteiger partial charge is 0.351 e. The van der Waals surface area contributed by atoms with Crippen molar-refractivity contribution >= 4 is 26.8 Å². The highest BCUT2D eigenvalue weighted by Gasteiger charge is 2.32. The third-order valence-corrected chi connectivity index (χ3v) is 7.38. The average Bonchev–Trinajstić information content (AvgIpc) is 3.13. The fourth-order valence-corrected chi connectivity index (χ4v) is 5.26. The first-order valence-electron chi connectivity index (χ1n) is 9.68. The molecular formula is C21H24N4O3S. The van der Waals surface area contributed by atoms with Crippen LogP contribution in [-0.4, -0.2) is 41.3 Å². The highest BCUT2D eigenvalue weighted by Crippen LogP contribution is 2.26. The van der Waals surface area contributed by atoms with Crippen molar-refractivity contribution < 1.29 is 13.2 Å². The smallest absolute Gasteiger partial charge is 0.243 e.